The molecule has 0 radical (unpaired) electrons. The highest BCUT2D eigenvalue weighted by atomic mass is 16.5. The molecule has 1 fully saturated rings. The third-order valence-electron chi connectivity index (χ3n) is 8.27. The summed E-state index contributed by atoms with van der Waals surface area (Å²) in [6.45, 7) is 3.47. The molecule has 6 rings (SSSR count). The Morgan fingerprint density at radius 1 is 1.18 bits per heavy atom. The lowest BCUT2D eigenvalue weighted by Crippen LogP contribution is -2.49. The van der Waals surface area contributed by atoms with E-state index in [4.69, 9.17) is 10.5 Å². The molecule has 0 saturated carbocycles. The average molecular weight is 543 g/mol. The van der Waals surface area contributed by atoms with Crippen molar-refractivity contribution < 1.29 is 14.6 Å². The molecule has 1 saturated heterocycles. The van der Waals surface area contributed by atoms with Gasteiger partial charge in [-0.3, -0.25) is 18.8 Å². The molecule has 4 heterocycles. The van der Waals surface area contributed by atoms with Gasteiger partial charge in [0.05, 0.1) is 30.2 Å². The Bertz CT molecular complexity index is 1620. The van der Waals surface area contributed by atoms with E-state index < -0.39 is 5.60 Å². The summed E-state index contributed by atoms with van der Waals surface area (Å²) in [5.74, 6) is 0.972. The van der Waals surface area contributed by atoms with Crippen molar-refractivity contribution >= 4 is 16.9 Å². The summed E-state index contributed by atoms with van der Waals surface area (Å²) >= 11 is 0. The van der Waals surface area contributed by atoms with Crippen molar-refractivity contribution in [2.24, 2.45) is 12.8 Å². The number of nitrogens with zero attached hydrogens (tertiary/aromatic N) is 5. The summed E-state index contributed by atoms with van der Waals surface area (Å²) in [7, 11) is 1.78. The summed E-state index contributed by atoms with van der Waals surface area (Å²) in [6.07, 6.45) is 2.67. The first-order chi connectivity index (χ1) is 19.2. The van der Waals surface area contributed by atoms with Crippen LogP contribution in [0.25, 0.3) is 22.3 Å². The van der Waals surface area contributed by atoms with Crippen molar-refractivity contribution in [3.63, 3.8) is 0 Å². The summed E-state index contributed by atoms with van der Waals surface area (Å²) < 4.78 is 8.70. The molecular formula is C30H34N6O4. The number of aryl methyl sites for hydroxylation is 1. The molecular weight excluding hydrogens is 508 g/mol. The van der Waals surface area contributed by atoms with Crippen molar-refractivity contribution in [1.29, 1.82) is 0 Å². The molecule has 0 bridgehead atoms. The van der Waals surface area contributed by atoms with Crippen molar-refractivity contribution in [3.05, 3.63) is 76.3 Å². The molecule has 10 heteroatoms. The Labute approximate surface area is 232 Å². The number of amides is 1. The van der Waals surface area contributed by atoms with Gasteiger partial charge in [0, 0.05) is 37.7 Å². The van der Waals surface area contributed by atoms with E-state index >= 15 is 0 Å². The second-order valence-corrected chi connectivity index (χ2v) is 11.1. The first-order valence-corrected chi connectivity index (χ1v) is 13.7. The second-order valence-electron chi connectivity index (χ2n) is 11.1. The van der Waals surface area contributed by atoms with Gasteiger partial charge in [-0.1, -0.05) is 37.3 Å². The molecule has 40 heavy (non-hydrogen) atoms. The molecule has 208 valence electrons. The minimum absolute atomic E-state index is 0.0822. The fourth-order valence-corrected chi connectivity index (χ4v) is 5.86. The first kappa shape index (κ1) is 26.2. The summed E-state index contributed by atoms with van der Waals surface area (Å²) in [6, 6.07) is 15.6. The third-order valence-corrected chi connectivity index (χ3v) is 8.27. The van der Waals surface area contributed by atoms with Crippen LogP contribution < -0.4 is 16.0 Å². The van der Waals surface area contributed by atoms with Crippen LogP contribution in [0.15, 0.2) is 59.7 Å². The highest BCUT2D eigenvalue weighted by Crippen LogP contribution is 2.36. The van der Waals surface area contributed by atoms with E-state index in [9.17, 15) is 14.7 Å². The maximum Gasteiger partial charge on any atom is 0.281 e. The van der Waals surface area contributed by atoms with E-state index in [1.54, 1.807) is 11.7 Å². The van der Waals surface area contributed by atoms with Crippen molar-refractivity contribution in [3.8, 4) is 17.0 Å². The number of aromatic nitrogens is 4. The van der Waals surface area contributed by atoms with E-state index in [0.717, 1.165) is 28.1 Å². The highest BCUT2D eigenvalue weighted by molar-refractivity contribution is 5.89. The number of carbonyl (C=O) groups is 1. The van der Waals surface area contributed by atoms with Crippen molar-refractivity contribution in [2.75, 3.05) is 19.7 Å². The van der Waals surface area contributed by atoms with Gasteiger partial charge in [-0.15, -0.1) is 0 Å². The Hall–Kier alpha value is -4.02. The predicted molar refractivity (Wildman–Crippen MR) is 151 cm³/mol. The summed E-state index contributed by atoms with van der Waals surface area (Å²) in [5, 5.41) is 15.8. The topological polar surface area (TPSA) is 129 Å². The second kappa shape index (κ2) is 10.2. The summed E-state index contributed by atoms with van der Waals surface area (Å²) in [5.41, 5.74) is 9.11. The molecule has 2 atom stereocenters. The van der Waals surface area contributed by atoms with Gasteiger partial charge >= 0.3 is 0 Å². The SMILES string of the molecule is C[C@H](CC(=O)N1CCC(O)(Cn2cnc3c(-c4ccc5c(c4)C(N)CO5)n(C)nc3c2=O)CC1)c1ccccc1. The molecule has 2 aromatic carbocycles. The Morgan fingerprint density at radius 2 is 1.93 bits per heavy atom. The van der Waals surface area contributed by atoms with Crippen LogP contribution in [0.1, 0.15) is 49.3 Å². The standard InChI is InChI=1S/C30H34N6O4/c1-19(20-6-4-3-5-7-20)14-25(37)35-12-10-30(39,11-13-35)17-36-18-32-26-27(29(36)38)33-34(2)28(26)21-8-9-24-22(15-21)23(31)16-40-24/h3-9,15,18-19,23,39H,10-14,16-17,31H2,1-2H3/t19-,23?/m1/s1. The van der Waals surface area contributed by atoms with E-state index in [1.165, 1.54) is 10.9 Å². The van der Waals surface area contributed by atoms with Gasteiger partial charge in [-0.25, -0.2) is 4.98 Å². The van der Waals surface area contributed by atoms with Gasteiger partial charge in [-0.05, 0) is 42.5 Å². The van der Waals surface area contributed by atoms with Crippen LogP contribution in [-0.4, -0.2) is 60.5 Å². The molecule has 1 unspecified atom stereocenters. The summed E-state index contributed by atoms with van der Waals surface area (Å²) in [4.78, 5) is 32.8. The minimum atomic E-state index is -1.12. The quantitative estimate of drug-likeness (QED) is 0.383. The fourth-order valence-electron chi connectivity index (χ4n) is 5.86. The minimum Gasteiger partial charge on any atom is -0.491 e. The molecule has 2 aliphatic rings. The number of rotatable bonds is 6. The maximum absolute atomic E-state index is 13.4. The number of likely N-dealkylation sites (tertiary alicyclic amines) is 1. The number of piperidine rings is 1. The van der Waals surface area contributed by atoms with E-state index in [1.807, 2.05) is 53.4 Å². The fraction of sp³-hybridized carbons (Fsp3) is 0.400. The van der Waals surface area contributed by atoms with Gasteiger partial charge in [0.15, 0.2) is 5.52 Å². The number of carbonyl (C=O) groups excluding carboxylic acids is 1. The van der Waals surface area contributed by atoms with Crippen LogP contribution in [-0.2, 0) is 18.4 Å². The van der Waals surface area contributed by atoms with Gasteiger partial charge in [-0.2, -0.15) is 5.10 Å². The third kappa shape index (κ3) is 4.77. The van der Waals surface area contributed by atoms with Crippen molar-refractivity contribution in [2.45, 2.75) is 50.3 Å². The van der Waals surface area contributed by atoms with E-state index in [-0.39, 0.29) is 35.5 Å². The Kier molecular flexibility index (Phi) is 6.67. The molecule has 1 amide bonds. The van der Waals surface area contributed by atoms with Gasteiger partial charge in [0.2, 0.25) is 5.91 Å². The average Bonchev–Trinajstić information content (AvgIpc) is 3.50. The lowest BCUT2D eigenvalue weighted by atomic mass is 9.90. The maximum atomic E-state index is 13.4. The monoisotopic (exact) mass is 542 g/mol. The zero-order valence-corrected chi connectivity index (χ0v) is 22.8. The lowest BCUT2D eigenvalue weighted by Gasteiger charge is -2.38. The number of benzene rings is 2. The van der Waals surface area contributed by atoms with Gasteiger partial charge < -0.3 is 20.5 Å². The number of aliphatic hydroxyl groups is 1. The molecule has 2 aliphatic heterocycles. The predicted octanol–water partition coefficient (Wildman–Crippen LogP) is 2.74. The largest absolute Gasteiger partial charge is 0.491 e. The lowest BCUT2D eigenvalue weighted by molar-refractivity contribution is -0.136. The van der Waals surface area contributed by atoms with Crippen LogP contribution in [0.2, 0.25) is 0 Å². The molecule has 3 N–H and O–H groups in total. The van der Waals surface area contributed by atoms with Crippen LogP contribution in [0, 0.1) is 0 Å². The number of ether oxygens (including phenoxy) is 1. The first-order valence-electron chi connectivity index (χ1n) is 13.7. The van der Waals surface area contributed by atoms with Crippen LogP contribution >= 0.6 is 0 Å². The van der Waals surface area contributed by atoms with Crippen molar-refractivity contribution in [1.82, 2.24) is 24.2 Å². The molecule has 0 spiro atoms. The van der Waals surface area contributed by atoms with Gasteiger partial charge in [0.25, 0.3) is 5.56 Å². The normalized spacial score (nSPS) is 18.9. The van der Waals surface area contributed by atoms with E-state index in [2.05, 4.69) is 17.0 Å². The smallest absolute Gasteiger partial charge is 0.281 e. The number of hydrogen-bond donors (Lipinski definition) is 2. The van der Waals surface area contributed by atoms with Crippen LogP contribution in [0.4, 0.5) is 0 Å². The Morgan fingerprint density at radius 3 is 2.67 bits per heavy atom. The number of nitrogens with two attached hydrogens (primary N) is 1. The van der Waals surface area contributed by atoms with Gasteiger partial charge in [0.1, 0.15) is 17.9 Å². The molecule has 0 aliphatic carbocycles. The molecule has 2 aromatic heterocycles. The Balaban J connectivity index is 1.16. The van der Waals surface area contributed by atoms with Crippen LogP contribution in [0.3, 0.4) is 0 Å². The zero-order valence-electron chi connectivity index (χ0n) is 22.8. The highest BCUT2D eigenvalue weighted by Gasteiger charge is 2.35. The van der Waals surface area contributed by atoms with E-state index in [0.29, 0.717) is 44.5 Å². The van der Waals surface area contributed by atoms with Crippen LogP contribution in [0.5, 0.6) is 5.75 Å². The molecule has 4 aromatic rings. The zero-order chi connectivity index (χ0) is 28.0. The number of fused-ring (bicyclic) bond motifs is 2. The molecule has 10 nitrogen and oxygen atoms in total. The number of hydrogen-bond acceptors (Lipinski definition) is 7.